The summed E-state index contributed by atoms with van der Waals surface area (Å²) in [5.41, 5.74) is 2.68. The van der Waals surface area contributed by atoms with Crippen molar-refractivity contribution in [2.45, 2.75) is 39.0 Å². The number of carbonyl (C=O) groups excluding carboxylic acids is 1. The molecule has 0 saturated carbocycles. The van der Waals surface area contributed by atoms with Crippen LogP contribution in [-0.4, -0.2) is 56.2 Å². The lowest BCUT2D eigenvalue weighted by Gasteiger charge is -2.39. The average molecular weight is 518 g/mol. The minimum Gasteiger partial charge on any atom is -0.485 e. The maximum atomic E-state index is 15.3. The normalized spacial score (nSPS) is 15.8. The maximum absolute atomic E-state index is 15.3. The first-order chi connectivity index (χ1) is 18.4. The molecule has 9 heteroatoms. The molecule has 2 aliphatic heterocycles. The van der Waals surface area contributed by atoms with Gasteiger partial charge in [0.05, 0.1) is 24.3 Å². The van der Waals surface area contributed by atoms with Crippen LogP contribution in [0.25, 0.3) is 22.0 Å². The van der Waals surface area contributed by atoms with Crippen molar-refractivity contribution >= 4 is 16.8 Å². The van der Waals surface area contributed by atoms with E-state index < -0.39 is 11.6 Å². The third-order valence-corrected chi connectivity index (χ3v) is 7.35. The van der Waals surface area contributed by atoms with Crippen molar-refractivity contribution in [1.29, 1.82) is 0 Å². The molecule has 7 nitrogen and oxygen atoms in total. The number of aromatic nitrogens is 3. The fourth-order valence-electron chi connectivity index (χ4n) is 5.29. The quantitative estimate of drug-likeness (QED) is 0.332. The smallest absolute Gasteiger partial charge is 0.256 e. The fraction of sp³-hybridized carbons (Fsp3) is 0.345. The average Bonchev–Trinajstić information content (AvgIpc) is 3.42. The van der Waals surface area contributed by atoms with Gasteiger partial charge in [0.15, 0.2) is 0 Å². The summed E-state index contributed by atoms with van der Waals surface area (Å²) < 4.78 is 38.5. The van der Waals surface area contributed by atoms with Crippen LogP contribution in [0.1, 0.15) is 41.4 Å². The first-order valence-corrected chi connectivity index (χ1v) is 13.0. The van der Waals surface area contributed by atoms with Gasteiger partial charge in [-0.25, -0.2) is 8.78 Å². The number of nitrogens with zero attached hydrogens (tertiary/aromatic N) is 5. The molecular weight excluding hydrogens is 488 g/mol. The molecule has 4 heterocycles. The van der Waals surface area contributed by atoms with E-state index in [4.69, 9.17) is 4.74 Å². The Bertz CT molecular complexity index is 1510. The van der Waals surface area contributed by atoms with Crippen molar-refractivity contribution in [3.05, 3.63) is 77.2 Å². The van der Waals surface area contributed by atoms with Crippen LogP contribution in [0.5, 0.6) is 5.75 Å². The van der Waals surface area contributed by atoms with Gasteiger partial charge in [-0.3, -0.25) is 19.4 Å². The Kier molecular flexibility index (Phi) is 6.31. The summed E-state index contributed by atoms with van der Waals surface area (Å²) in [5.74, 6) is -1.00. The highest BCUT2D eigenvalue weighted by Gasteiger charge is 2.31. The van der Waals surface area contributed by atoms with Gasteiger partial charge in [-0.2, -0.15) is 5.10 Å². The summed E-state index contributed by atoms with van der Waals surface area (Å²) in [5, 5.41) is 5.34. The number of hydrogen-bond acceptors (Lipinski definition) is 5. The largest absolute Gasteiger partial charge is 0.485 e. The van der Waals surface area contributed by atoms with Crippen molar-refractivity contribution < 1.29 is 18.3 Å². The van der Waals surface area contributed by atoms with E-state index in [0.717, 1.165) is 25.0 Å². The minimum atomic E-state index is -0.698. The molecule has 0 aliphatic carbocycles. The summed E-state index contributed by atoms with van der Waals surface area (Å²) in [7, 11) is 1.81. The van der Waals surface area contributed by atoms with Crippen molar-refractivity contribution in [3.8, 4) is 16.9 Å². The molecule has 0 radical (unpaired) electrons. The summed E-state index contributed by atoms with van der Waals surface area (Å²) in [4.78, 5) is 20.7. The highest BCUT2D eigenvalue weighted by molar-refractivity contribution is 5.98. The molecule has 196 valence electrons. The lowest BCUT2D eigenvalue weighted by molar-refractivity contribution is 0.0202. The lowest BCUT2D eigenvalue weighted by Crippen LogP contribution is -2.53. The minimum absolute atomic E-state index is 0.103. The van der Waals surface area contributed by atoms with Crippen LogP contribution in [0.2, 0.25) is 0 Å². The number of ether oxygens (including phenoxy) is 1. The number of pyridine rings is 1. The molecule has 2 aliphatic rings. The van der Waals surface area contributed by atoms with Gasteiger partial charge in [-0.15, -0.1) is 0 Å². The van der Waals surface area contributed by atoms with Gasteiger partial charge in [0.25, 0.3) is 5.91 Å². The van der Waals surface area contributed by atoms with Crippen LogP contribution < -0.4 is 4.74 Å². The number of carbonyl (C=O) groups is 1. The third-order valence-electron chi connectivity index (χ3n) is 7.35. The number of fused-ring (bicyclic) bond motifs is 2. The second kappa shape index (κ2) is 9.79. The Balaban J connectivity index is 1.24. The van der Waals surface area contributed by atoms with E-state index in [0.29, 0.717) is 33.7 Å². The van der Waals surface area contributed by atoms with E-state index in [1.807, 2.05) is 25.4 Å². The first-order valence-electron chi connectivity index (χ1n) is 13.0. The molecule has 0 atom stereocenters. The third kappa shape index (κ3) is 4.41. The number of hydrogen-bond donors (Lipinski definition) is 0. The van der Waals surface area contributed by atoms with E-state index in [2.05, 4.69) is 21.9 Å². The van der Waals surface area contributed by atoms with E-state index in [1.165, 1.54) is 29.9 Å². The number of halogens is 2. The van der Waals surface area contributed by atoms with Gasteiger partial charge in [0.1, 0.15) is 29.0 Å². The van der Waals surface area contributed by atoms with Crippen molar-refractivity contribution in [2.75, 3.05) is 19.6 Å². The summed E-state index contributed by atoms with van der Waals surface area (Å²) in [6, 6.07) is 9.66. The highest BCUT2D eigenvalue weighted by atomic mass is 19.1. The molecule has 0 unspecified atom stereocenters. The van der Waals surface area contributed by atoms with Crippen LogP contribution in [0.4, 0.5) is 8.78 Å². The Hall–Kier alpha value is -3.85. The van der Waals surface area contributed by atoms with E-state index >= 15 is 8.78 Å². The predicted molar refractivity (Wildman–Crippen MR) is 140 cm³/mol. The number of rotatable bonds is 8. The van der Waals surface area contributed by atoms with Crippen molar-refractivity contribution in [1.82, 2.24) is 24.6 Å². The topological polar surface area (TPSA) is 63.5 Å². The highest BCUT2D eigenvalue weighted by Crippen LogP contribution is 2.36. The number of benzene rings is 2. The number of amides is 1. The Labute approximate surface area is 219 Å². The SMILES string of the molecule is CCCCN1CC(Oc2ccc(-c3cc(F)c(CN4Cc5ncccc5C4=O)c(F)c3)c3cn(C)nc23)C1. The van der Waals surface area contributed by atoms with Gasteiger partial charge < -0.3 is 9.64 Å². The second-order valence-electron chi connectivity index (χ2n) is 10.1. The van der Waals surface area contributed by atoms with Gasteiger partial charge in [-0.1, -0.05) is 13.3 Å². The summed E-state index contributed by atoms with van der Waals surface area (Å²) >= 11 is 0. The van der Waals surface area contributed by atoms with Crippen LogP contribution in [0.15, 0.2) is 48.8 Å². The molecule has 2 aromatic heterocycles. The van der Waals surface area contributed by atoms with Crippen LogP contribution in [0, 0.1) is 11.6 Å². The zero-order valence-electron chi connectivity index (χ0n) is 21.5. The number of unbranched alkanes of at least 4 members (excludes halogenated alkanes) is 1. The van der Waals surface area contributed by atoms with E-state index in [-0.39, 0.29) is 30.7 Å². The van der Waals surface area contributed by atoms with Crippen LogP contribution in [0.3, 0.4) is 0 Å². The Morgan fingerprint density at radius 3 is 2.63 bits per heavy atom. The molecule has 6 rings (SSSR count). The number of aryl methyl sites for hydroxylation is 1. The maximum Gasteiger partial charge on any atom is 0.256 e. The fourth-order valence-corrected chi connectivity index (χ4v) is 5.29. The number of likely N-dealkylation sites (tertiary alicyclic amines) is 1. The standard InChI is InChI=1S/C29H29F2N5O2/c1-3-4-10-35-13-19(14-35)38-27-8-7-20(22-15-34(2)33-28(22)27)18-11-24(30)23(25(31)12-18)16-36-17-26-21(29(36)37)6-5-9-32-26/h5-9,11-12,15,19H,3-4,10,13-14,16-17H2,1-2H3. The molecule has 0 N–H and O–H groups in total. The molecule has 0 bridgehead atoms. The van der Waals surface area contributed by atoms with Crippen LogP contribution >= 0.6 is 0 Å². The van der Waals surface area contributed by atoms with E-state index in [9.17, 15) is 4.79 Å². The Morgan fingerprint density at radius 2 is 1.89 bits per heavy atom. The molecular formula is C29H29F2N5O2. The molecule has 1 saturated heterocycles. The Morgan fingerprint density at radius 1 is 1.11 bits per heavy atom. The molecule has 0 spiro atoms. The van der Waals surface area contributed by atoms with Crippen molar-refractivity contribution in [2.24, 2.45) is 7.05 Å². The monoisotopic (exact) mass is 517 g/mol. The molecule has 2 aromatic carbocycles. The molecule has 1 fully saturated rings. The van der Waals surface area contributed by atoms with Gasteiger partial charge in [0.2, 0.25) is 0 Å². The molecule has 38 heavy (non-hydrogen) atoms. The first kappa shape index (κ1) is 24.5. The molecule has 1 amide bonds. The summed E-state index contributed by atoms with van der Waals surface area (Å²) in [6.45, 7) is 5.09. The summed E-state index contributed by atoms with van der Waals surface area (Å²) in [6.07, 6.45) is 5.89. The van der Waals surface area contributed by atoms with Crippen LogP contribution in [-0.2, 0) is 20.1 Å². The predicted octanol–water partition coefficient (Wildman–Crippen LogP) is 4.93. The van der Waals surface area contributed by atoms with Gasteiger partial charge in [0, 0.05) is 43.5 Å². The zero-order valence-corrected chi connectivity index (χ0v) is 21.5. The molecule has 4 aromatic rings. The second-order valence-corrected chi connectivity index (χ2v) is 10.1. The van der Waals surface area contributed by atoms with E-state index in [1.54, 1.807) is 23.0 Å². The zero-order chi connectivity index (χ0) is 26.4. The van der Waals surface area contributed by atoms with Gasteiger partial charge in [-0.05, 0) is 60.5 Å². The lowest BCUT2D eigenvalue weighted by atomic mass is 9.99. The van der Waals surface area contributed by atoms with Crippen molar-refractivity contribution in [3.63, 3.8) is 0 Å². The van der Waals surface area contributed by atoms with Gasteiger partial charge >= 0.3 is 0 Å².